The van der Waals surface area contributed by atoms with Crippen LogP contribution in [0.4, 0.5) is 0 Å². The minimum atomic E-state index is -2.80. The van der Waals surface area contributed by atoms with Crippen molar-refractivity contribution in [3.63, 3.8) is 0 Å². The van der Waals surface area contributed by atoms with Gasteiger partial charge >= 0.3 is 8.80 Å². The molecule has 0 aliphatic carbocycles. The van der Waals surface area contributed by atoms with Gasteiger partial charge in [-0.15, -0.1) is 0 Å². The molecule has 1 aromatic heterocycles. The summed E-state index contributed by atoms with van der Waals surface area (Å²) in [5, 5.41) is 1.95. The fraction of sp³-hybridized carbons (Fsp3) is 0.250. The lowest BCUT2D eigenvalue weighted by atomic mass is 10.2. The molecule has 0 saturated heterocycles. The molecule has 5 heteroatoms. The molecule has 4 nitrogen and oxygen atoms in total. The van der Waals surface area contributed by atoms with Gasteiger partial charge in [0, 0.05) is 38.1 Å². The van der Waals surface area contributed by atoms with Gasteiger partial charge in [-0.3, -0.25) is 4.98 Å². The highest BCUT2D eigenvalue weighted by Crippen LogP contribution is 2.15. The van der Waals surface area contributed by atoms with Crippen molar-refractivity contribution in [2.75, 3.05) is 21.3 Å². The predicted octanol–water partition coefficient (Wildman–Crippen LogP) is 1.32. The molecule has 2 aromatic rings. The second kappa shape index (κ2) is 4.93. The van der Waals surface area contributed by atoms with Crippen LogP contribution in [-0.2, 0) is 13.3 Å². The monoisotopic (exact) mass is 249 g/mol. The standard InChI is InChI=1S/C12H15NO3Si/c1-14-17(15-2,16-3)12-8-4-7-11-10(12)6-5-9-13-11/h4-9H,1-3H3. The van der Waals surface area contributed by atoms with E-state index in [0.29, 0.717) is 0 Å². The second-order valence-corrected chi connectivity index (χ2v) is 6.42. The predicted molar refractivity (Wildman–Crippen MR) is 68.2 cm³/mol. The van der Waals surface area contributed by atoms with Gasteiger partial charge in [-0.2, -0.15) is 0 Å². The quantitative estimate of drug-likeness (QED) is 0.766. The molecule has 0 amide bonds. The van der Waals surface area contributed by atoms with Crippen LogP contribution in [0.1, 0.15) is 0 Å². The Balaban J connectivity index is 2.69. The molecule has 0 bridgehead atoms. The molecule has 0 spiro atoms. The van der Waals surface area contributed by atoms with Gasteiger partial charge in [-0.1, -0.05) is 18.2 Å². The Morgan fingerprint density at radius 1 is 0.941 bits per heavy atom. The summed E-state index contributed by atoms with van der Waals surface area (Å²) in [7, 11) is 2.02. The average Bonchev–Trinajstić information content (AvgIpc) is 2.41. The van der Waals surface area contributed by atoms with Crippen LogP contribution in [0.5, 0.6) is 0 Å². The van der Waals surface area contributed by atoms with E-state index in [1.165, 1.54) is 0 Å². The summed E-state index contributed by atoms with van der Waals surface area (Å²) in [5.74, 6) is 0. The van der Waals surface area contributed by atoms with Crippen molar-refractivity contribution in [1.29, 1.82) is 0 Å². The lowest BCUT2D eigenvalue weighted by molar-refractivity contribution is 0.140. The van der Waals surface area contributed by atoms with E-state index in [4.69, 9.17) is 13.3 Å². The van der Waals surface area contributed by atoms with E-state index in [1.54, 1.807) is 27.5 Å². The lowest BCUT2D eigenvalue weighted by Crippen LogP contribution is -2.54. The number of hydrogen-bond donors (Lipinski definition) is 0. The number of pyridine rings is 1. The highest BCUT2D eigenvalue weighted by molar-refractivity contribution is 6.77. The molecule has 0 unspecified atom stereocenters. The summed E-state index contributed by atoms with van der Waals surface area (Å²) in [4.78, 5) is 4.31. The third-order valence-electron chi connectivity index (χ3n) is 2.78. The van der Waals surface area contributed by atoms with E-state index in [0.717, 1.165) is 16.1 Å². The van der Waals surface area contributed by atoms with E-state index in [1.807, 2.05) is 30.3 Å². The summed E-state index contributed by atoms with van der Waals surface area (Å²) in [5.41, 5.74) is 0.910. The Bertz CT molecular complexity index is 500. The minimum Gasteiger partial charge on any atom is -0.373 e. The van der Waals surface area contributed by atoms with Gasteiger partial charge in [0.2, 0.25) is 0 Å². The largest absolute Gasteiger partial charge is 0.537 e. The van der Waals surface area contributed by atoms with Crippen LogP contribution in [-0.4, -0.2) is 35.1 Å². The molecule has 0 saturated carbocycles. The van der Waals surface area contributed by atoms with Crippen LogP contribution < -0.4 is 5.19 Å². The Morgan fingerprint density at radius 3 is 2.29 bits per heavy atom. The Morgan fingerprint density at radius 2 is 1.65 bits per heavy atom. The molecular weight excluding hydrogens is 234 g/mol. The van der Waals surface area contributed by atoms with Crippen molar-refractivity contribution in [3.05, 3.63) is 36.5 Å². The van der Waals surface area contributed by atoms with Gasteiger partial charge in [0.15, 0.2) is 0 Å². The maximum atomic E-state index is 5.50. The highest BCUT2D eigenvalue weighted by atomic mass is 28.4. The van der Waals surface area contributed by atoms with E-state index >= 15 is 0 Å². The van der Waals surface area contributed by atoms with Crippen molar-refractivity contribution in [2.45, 2.75) is 0 Å². The molecule has 0 radical (unpaired) electrons. The second-order valence-electron chi connectivity index (χ2n) is 3.54. The highest BCUT2D eigenvalue weighted by Gasteiger charge is 2.42. The van der Waals surface area contributed by atoms with Crippen molar-refractivity contribution in [2.24, 2.45) is 0 Å². The van der Waals surface area contributed by atoms with E-state index < -0.39 is 8.80 Å². The van der Waals surface area contributed by atoms with Crippen molar-refractivity contribution >= 4 is 24.9 Å². The Kier molecular flexibility index (Phi) is 3.53. The smallest absolute Gasteiger partial charge is 0.373 e. The van der Waals surface area contributed by atoms with Gasteiger partial charge in [-0.05, 0) is 12.1 Å². The van der Waals surface area contributed by atoms with Crippen LogP contribution in [0.25, 0.3) is 10.9 Å². The first-order valence-corrected chi connectivity index (χ1v) is 6.99. The zero-order chi connectivity index (χ0) is 12.3. The molecule has 90 valence electrons. The molecule has 0 aliphatic rings. The SMILES string of the molecule is CO[Si](OC)(OC)c1cccc2ncccc12. The summed E-state index contributed by atoms with van der Waals surface area (Å²) >= 11 is 0. The fourth-order valence-corrected chi connectivity index (χ4v) is 3.95. The fourth-order valence-electron chi connectivity index (χ4n) is 1.95. The van der Waals surface area contributed by atoms with Crippen molar-refractivity contribution in [1.82, 2.24) is 4.98 Å². The third kappa shape index (κ3) is 1.98. The average molecular weight is 249 g/mol. The number of aromatic nitrogens is 1. The number of hydrogen-bond acceptors (Lipinski definition) is 4. The summed E-state index contributed by atoms with van der Waals surface area (Å²) in [6, 6.07) is 9.75. The molecule has 1 heterocycles. The first kappa shape index (κ1) is 12.2. The van der Waals surface area contributed by atoms with Gasteiger partial charge in [0.1, 0.15) is 0 Å². The van der Waals surface area contributed by atoms with Crippen LogP contribution in [0.15, 0.2) is 36.5 Å². The van der Waals surface area contributed by atoms with Crippen LogP contribution in [0, 0.1) is 0 Å². The number of fused-ring (bicyclic) bond motifs is 1. The summed E-state index contributed by atoms with van der Waals surface area (Å²) in [6.07, 6.45) is 1.77. The first-order valence-electron chi connectivity index (χ1n) is 5.27. The molecule has 1 aromatic carbocycles. The third-order valence-corrected chi connectivity index (χ3v) is 5.49. The molecule has 2 rings (SSSR count). The molecular formula is C12H15NO3Si. The van der Waals surface area contributed by atoms with E-state index in [9.17, 15) is 0 Å². The normalized spacial score (nSPS) is 11.9. The van der Waals surface area contributed by atoms with Crippen LogP contribution >= 0.6 is 0 Å². The zero-order valence-electron chi connectivity index (χ0n) is 10.1. The molecule has 0 N–H and O–H groups in total. The van der Waals surface area contributed by atoms with Crippen LogP contribution in [0.2, 0.25) is 0 Å². The van der Waals surface area contributed by atoms with Crippen molar-refractivity contribution in [3.8, 4) is 0 Å². The molecule has 0 aliphatic heterocycles. The van der Waals surface area contributed by atoms with Crippen molar-refractivity contribution < 1.29 is 13.3 Å². The Hall–Kier alpha value is -1.27. The van der Waals surface area contributed by atoms with E-state index in [-0.39, 0.29) is 0 Å². The zero-order valence-corrected chi connectivity index (χ0v) is 11.1. The topological polar surface area (TPSA) is 40.6 Å². The molecule has 0 fully saturated rings. The van der Waals surface area contributed by atoms with Gasteiger partial charge in [0.05, 0.1) is 5.52 Å². The lowest BCUT2D eigenvalue weighted by Gasteiger charge is -2.25. The maximum Gasteiger partial charge on any atom is 0.537 e. The summed E-state index contributed by atoms with van der Waals surface area (Å²) in [6.45, 7) is 0. The number of benzene rings is 1. The Labute approximate surface area is 102 Å². The minimum absolute atomic E-state index is 0.910. The first-order chi connectivity index (χ1) is 8.27. The van der Waals surface area contributed by atoms with Crippen LogP contribution in [0.3, 0.4) is 0 Å². The molecule has 17 heavy (non-hydrogen) atoms. The van der Waals surface area contributed by atoms with E-state index in [2.05, 4.69) is 4.98 Å². The maximum absolute atomic E-state index is 5.50. The van der Waals surface area contributed by atoms with Gasteiger partial charge < -0.3 is 13.3 Å². The number of rotatable bonds is 4. The van der Waals surface area contributed by atoms with Gasteiger partial charge in [0.25, 0.3) is 0 Å². The van der Waals surface area contributed by atoms with Gasteiger partial charge in [-0.25, -0.2) is 0 Å². The summed E-state index contributed by atoms with van der Waals surface area (Å²) < 4.78 is 16.5. The number of nitrogens with zero attached hydrogens (tertiary/aromatic N) is 1. The molecule has 0 atom stereocenters.